The van der Waals surface area contributed by atoms with Crippen molar-refractivity contribution in [1.82, 2.24) is 19.6 Å². The summed E-state index contributed by atoms with van der Waals surface area (Å²) in [5.41, 5.74) is 12.1. The Morgan fingerprint density at radius 1 is 0.279 bits per heavy atom. The minimum absolute atomic E-state index is 0.255. The number of fused-ring (bicyclic) bond motifs is 2. The number of rotatable bonds is 32. The van der Waals surface area contributed by atoms with Crippen molar-refractivity contribution >= 4 is 34.3 Å². The fourth-order valence-electron chi connectivity index (χ4n) is 14.4. The second kappa shape index (κ2) is 33.8. The molecular weight excluding hydrogens is 1300 g/mol. The van der Waals surface area contributed by atoms with Crippen LogP contribution in [0, 0.1) is 0 Å². The molecule has 0 spiro atoms. The van der Waals surface area contributed by atoms with E-state index in [1.54, 1.807) is 0 Å². The first-order valence-electron chi connectivity index (χ1n) is 36.3. The van der Waals surface area contributed by atoms with Crippen LogP contribution in [-0.4, -0.2) is 136 Å². The molecule has 18 heteroatoms. The van der Waals surface area contributed by atoms with Gasteiger partial charge in [0.2, 0.25) is 0 Å². The quantitative estimate of drug-likeness (QED) is 0.0314. The third-order valence-corrected chi connectivity index (χ3v) is 19.8. The van der Waals surface area contributed by atoms with Crippen LogP contribution in [-0.2, 0) is 45.4 Å². The zero-order valence-electron chi connectivity index (χ0n) is 58.4. The average molecular weight is 1390 g/mol. The van der Waals surface area contributed by atoms with Crippen LogP contribution in [0.5, 0.6) is 23.0 Å². The van der Waals surface area contributed by atoms with Crippen LogP contribution in [0.3, 0.4) is 0 Å². The Kier molecular flexibility index (Phi) is 22.5. The lowest BCUT2D eigenvalue weighted by Crippen LogP contribution is -2.33. The Bertz CT molecular complexity index is 3880. The number of nitrogens with one attached hydrogen (secondary N) is 4. The number of anilines is 4. The summed E-state index contributed by atoms with van der Waals surface area (Å²) in [6.07, 6.45) is -1.10. The van der Waals surface area contributed by atoms with Gasteiger partial charge in [-0.1, -0.05) is 170 Å². The Labute approximate surface area is 608 Å². The molecule has 0 saturated carbocycles. The average Bonchev–Trinajstić information content (AvgIpc) is 0.870. The van der Waals surface area contributed by atoms with Crippen molar-refractivity contribution in [2.24, 2.45) is 0 Å². The smallest absolute Gasteiger partial charge is 0.198 e. The molecule has 0 bridgehead atoms. The third kappa shape index (κ3) is 16.8. The molecule has 4 fully saturated rings. The van der Waals surface area contributed by atoms with Gasteiger partial charge in [-0.15, -0.1) is 0 Å². The number of benzene rings is 10. The maximum atomic E-state index is 16.2. The van der Waals surface area contributed by atoms with Gasteiger partial charge in [-0.3, -0.25) is 29.2 Å². The SMILES string of the molecule is O=C1c2c(NCCN3CCOC3c3ccc(OCc4ccccc4)cc3)ccc(NCCN3CCOC3c3ccc(OCc4ccccc4)cc3)c2C(=O)c2c(NCCN3CCOC3c3ccc(OCc4ccccc4)cc3)ccc(NCCN3CCOC3c3ccc(OCc4ccccc4)cc3)c21. The zero-order valence-corrected chi connectivity index (χ0v) is 58.4. The molecule has 0 radical (unpaired) electrons. The molecule has 0 amide bonds. The molecular formula is C86H88N8O10. The van der Waals surface area contributed by atoms with Crippen molar-refractivity contribution in [3.8, 4) is 23.0 Å². The van der Waals surface area contributed by atoms with Gasteiger partial charge in [0.25, 0.3) is 0 Å². The van der Waals surface area contributed by atoms with Gasteiger partial charge in [0.05, 0.1) is 48.7 Å². The van der Waals surface area contributed by atoms with Gasteiger partial charge >= 0.3 is 0 Å². The van der Waals surface area contributed by atoms with E-state index in [9.17, 15) is 0 Å². The summed E-state index contributed by atoms with van der Waals surface area (Å²) < 4.78 is 50.0. The highest BCUT2D eigenvalue weighted by atomic mass is 16.5. The number of ether oxygens (including phenoxy) is 8. The summed E-state index contributed by atoms with van der Waals surface area (Å²) in [7, 11) is 0. The first-order chi connectivity index (χ1) is 51.4. The fourth-order valence-corrected chi connectivity index (χ4v) is 14.4. The lowest BCUT2D eigenvalue weighted by molar-refractivity contribution is 0.0345. The summed E-state index contributed by atoms with van der Waals surface area (Å²) in [4.78, 5) is 41.6. The summed E-state index contributed by atoms with van der Waals surface area (Å²) >= 11 is 0. The normalized spacial score (nSPS) is 18.3. The van der Waals surface area contributed by atoms with Gasteiger partial charge in [-0.2, -0.15) is 0 Å². The van der Waals surface area contributed by atoms with E-state index in [0.717, 1.165) is 93.7 Å². The molecule has 4 aliphatic heterocycles. The number of hydrogen-bond donors (Lipinski definition) is 4. The molecule has 104 heavy (non-hydrogen) atoms. The van der Waals surface area contributed by atoms with E-state index in [-0.39, 0.29) is 36.5 Å². The molecule has 4 atom stereocenters. The lowest BCUT2D eigenvalue weighted by Gasteiger charge is -2.29. The molecule has 10 aromatic rings. The van der Waals surface area contributed by atoms with E-state index < -0.39 is 0 Å². The predicted octanol–water partition coefficient (Wildman–Crippen LogP) is 14.5. The van der Waals surface area contributed by atoms with Gasteiger partial charge in [0.15, 0.2) is 11.6 Å². The van der Waals surface area contributed by atoms with Crippen LogP contribution < -0.4 is 40.2 Å². The molecule has 5 aliphatic rings. The molecule has 4 saturated heterocycles. The third-order valence-electron chi connectivity index (χ3n) is 19.8. The minimum atomic E-state index is -0.275. The summed E-state index contributed by atoms with van der Waals surface area (Å²) in [5, 5.41) is 14.7. The van der Waals surface area contributed by atoms with Crippen LogP contribution >= 0.6 is 0 Å². The second-order valence-corrected chi connectivity index (χ2v) is 26.6. The summed E-state index contributed by atoms with van der Waals surface area (Å²) in [6, 6.07) is 80.8. The molecule has 4 N–H and O–H groups in total. The first-order valence-corrected chi connectivity index (χ1v) is 36.3. The standard InChI is InChI=1S/C86H88N8O10/c95-81-77-73(87-41-45-91-49-53-97-83(91)65-21-29-69(30-22-65)101-57-61-13-5-1-6-14-61)37-38-74(88-42-46-92-50-54-98-84(92)66-23-31-70(32-24-66)102-58-62-15-7-2-8-16-62)78(77)82(96)80-76(90-44-48-94-52-56-100-86(94)68-27-35-72(36-28-68)104-60-64-19-11-4-12-20-64)40-39-75(79(80)81)89-43-47-93-51-55-99-85(93)67-25-33-71(34-26-67)103-59-63-17-9-3-10-18-63/h1-40,83-90H,41-60H2. The second-order valence-electron chi connectivity index (χ2n) is 26.6. The van der Waals surface area contributed by atoms with Gasteiger partial charge in [0.1, 0.15) is 74.3 Å². The maximum absolute atomic E-state index is 16.2. The van der Waals surface area contributed by atoms with Crippen LogP contribution in [0.4, 0.5) is 22.7 Å². The molecule has 4 unspecified atom stereocenters. The highest BCUT2D eigenvalue weighted by molar-refractivity contribution is 6.35. The van der Waals surface area contributed by atoms with Crippen LogP contribution in [0.2, 0.25) is 0 Å². The van der Waals surface area contributed by atoms with E-state index in [0.29, 0.717) is 150 Å². The number of ketones is 2. The van der Waals surface area contributed by atoms with Crippen molar-refractivity contribution in [3.05, 3.63) is 309 Å². The lowest BCUT2D eigenvalue weighted by atomic mass is 9.80. The van der Waals surface area contributed by atoms with Crippen molar-refractivity contribution < 1.29 is 47.5 Å². The van der Waals surface area contributed by atoms with Crippen LogP contribution in [0.15, 0.2) is 243 Å². The highest BCUT2D eigenvalue weighted by Crippen LogP contribution is 2.43. The van der Waals surface area contributed by atoms with Crippen molar-refractivity contribution in [2.75, 3.05) is 126 Å². The van der Waals surface area contributed by atoms with E-state index in [1.807, 2.05) is 146 Å². The highest BCUT2D eigenvalue weighted by Gasteiger charge is 2.39. The van der Waals surface area contributed by atoms with Crippen LogP contribution in [0.25, 0.3) is 0 Å². The van der Waals surface area contributed by atoms with Crippen molar-refractivity contribution in [3.63, 3.8) is 0 Å². The molecule has 10 aromatic carbocycles. The molecule has 18 nitrogen and oxygen atoms in total. The van der Waals surface area contributed by atoms with Gasteiger partial charge in [0, 0.05) is 101 Å². The summed E-state index contributed by atoms with van der Waals surface area (Å²) in [6.45, 7) is 11.3. The van der Waals surface area contributed by atoms with Crippen LogP contribution in [0.1, 0.15) is 101 Å². The van der Waals surface area contributed by atoms with Gasteiger partial charge in [-0.25, -0.2) is 0 Å². The number of nitrogens with zero attached hydrogens (tertiary/aromatic N) is 4. The Hall–Kier alpha value is -10.4. The number of hydrogen-bond acceptors (Lipinski definition) is 18. The van der Waals surface area contributed by atoms with E-state index >= 15 is 9.59 Å². The van der Waals surface area contributed by atoms with Gasteiger partial charge in [-0.05, 0) is 117 Å². The molecule has 0 aromatic heterocycles. The monoisotopic (exact) mass is 1390 g/mol. The largest absolute Gasteiger partial charge is 0.489 e. The van der Waals surface area contributed by atoms with E-state index in [2.05, 4.69) is 138 Å². The fraction of sp³-hybridized carbons (Fsp3) is 0.279. The first kappa shape index (κ1) is 69.3. The molecule has 4 heterocycles. The minimum Gasteiger partial charge on any atom is -0.489 e. The number of carbonyl (C=O) groups excluding carboxylic acids is 2. The number of carbonyl (C=O) groups is 2. The summed E-state index contributed by atoms with van der Waals surface area (Å²) in [5.74, 6) is 2.61. The van der Waals surface area contributed by atoms with E-state index in [1.165, 1.54) is 0 Å². The van der Waals surface area contributed by atoms with Gasteiger partial charge < -0.3 is 59.2 Å². The Morgan fingerprint density at radius 2 is 0.490 bits per heavy atom. The Morgan fingerprint density at radius 3 is 0.702 bits per heavy atom. The predicted molar refractivity (Wildman–Crippen MR) is 404 cm³/mol. The maximum Gasteiger partial charge on any atom is 0.198 e. The molecule has 1 aliphatic carbocycles. The van der Waals surface area contributed by atoms with E-state index in [4.69, 9.17) is 37.9 Å². The topological polar surface area (TPSA) is 169 Å². The van der Waals surface area contributed by atoms with Crippen molar-refractivity contribution in [1.29, 1.82) is 0 Å². The molecule has 532 valence electrons. The molecule has 15 rings (SSSR count). The Balaban J connectivity index is 0.685. The zero-order chi connectivity index (χ0) is 70.2. The van der Waals surface area contributed by atoms with Crippen molar-refractivity contribution in [2.45, 2.75) is 51.3 Å².